The lowest BCUT2D eigenvalue weighted by Gasteiger charge is -2.37. The van der Waals surface area contributed by atoms with E-state index >= 15 is 0 Å². The van der Waals surface area contributed by atoms with Crippen LogP contribution >= 0.6 is 0 Å². The highest BCUT2D eigenvalue weighted by Gasteiger charge is 2.48. The van der Waals surface area contributed by atoms with Crippen LogP contribution in [0.2, 0.25) is 0 Å². The van der Waals surface area contributed by atoms with E-state index in [1.165, 1.54) is 0 Å². The first-order chi connectivity index (χ1) is 9.07. The SMILES string of the molecule is COCCCC(=O)N1CCC2(CC1)NC(=O)NC2=O. The Morgan fingerprint density at radius 1 is 1.37 bits per heavy atom. The van der Waals surface area contributed by atoms with Gasteiger partial charge in [-0.2, -0.15) is 0 Å². The maximum absolute atomic E-state index is 11.9. The molecule has 7 nitrogen and oxygen atoms in total. The van der Waals surface area contributed by atoms with E-state index in [2.05, 4.69) is 10.6 Å². The minimum absolute atomic E-state index is 0.0802. The second-order valence-electron chi connectivity index (χ2n) is 4.97. The number of nitrogens with zero attached hydrogens (tertiary/aromatic N) is 1. The number of rotatable bonds is 4. The molecule has 7 heteroatoms. The van der Waals surface area contributed by atoms with Gasteiger partial charge in [-0.25, -0.2) is 4.79 Å². The zero-order chi connectivity index (χ0) is 13.9. The van der Waals surface area contributed by atoms with Gasteiger partial charge in [0.05, 0.1) is 0 Å². The van der Waals surface area contributed by atoms with Crippen LogP contribution in [0.3, 0.4) is 0 Å². The van der Waals surface area contributed by atoms with E-state index in [1.807, 2.05) is 0 Å². The van der Waals surface area contributed by atoms with E-state index < -0.39 is 11.6 Å². The van der Waals surface area contributed by atoms with E-state index in [0.717, 1.165) is 0 Å². The zero-order valence-corrected chi connectivity index (χ0v) is 11.0. The summed E-state index contributed by atoms with van der Waals surface area (Å²) in [5, 5.41) is 4.93. The molecule has 2 N–H and O–H groups in total. The fourth-order valence-electron chi connectivity index (χ4n) is 2.54. The molecular weight excluding hydrogens is 250 g/mol. The highest BCUT2D eigenvalue weighted by molar-refractivity contribution is 6.07. The first-order valence-electron chi connectivity index (χ1n) is 6.48. The number of hydrogen-bond acceptors (Lipinski definition) is 4. The van der Waals surface area contributed by atoms with Crippen molar-refractivity contribution in [2.45, 2.75) is 31.2 Å². The number of ether oxygens (including phenoxy) is 1. The van der Waals surface area contributed by atoms with Crippen LogP contribution in [-0.2, 0) is 14.3 Å². The van der Waals surface area contributed by atoms with Crippen molar-refractivity contribution in [3.8, 4) is 0 Å². The van der Waals surface area contributed by atoms with Crippen LogP contribution in [0, 0.1) is 0 Å². The standard InChI is InChI=1S/C12H19N3O4/c1-19-8-2-3-9(16)15-6-4-12(5-7-15)10(17)13-11(18)14-12/h2-8H2,1H3,(H2,13,14,17,18). The molecule has 0 aromatic carbocycles. The molecule has 0 radical (unpaired) electrons. The molecule has 2 rings (SSSR count). The smallest absolute Gasteiger partial charge is 0.322 e. The van der Waals surface area contributed by atoms with Gasteiger partial charge in [-0.1, -0.05) is 0 Å². The molecule has 0 aromatic heterocycles. The average Bonchev–Trinajstić information content (AvgIpc) is 2.65. The zero-order valence-electron chi connectivity index (χ0n) is 11.0. The first-order valence-corrected chi connectivity index (χ1v) is 6.48. The highest BCUT2D eigenvalue weighted by atomic mass is 16.5. The summed E-state index contributed by atoms with van der Waals surface area (Å²) in [6.07, 6.45) is 2.11. The topological polar surface area (TPSA) is 87.7 Å². The van der Waals surface area contributed by atoms with Gasteiger partial charge in [0.1, 0.15) is 5.54 Å². The number of hydrogen-bond donors (Lipinski definition) is 2. The molecule has 0 saturated carbocycles. The van der Waals surface area contributed by atoms with Crippen LogP contribution in [0.25, 0.3) is 0 Å². The number of piperidine rings is 1. The number of carbonyl (C=O) groups is 3. The summed E-state index contributed by atoms with van der Waals surface area (Å²) in [4.78, 5) is 36.6. The lowest BCUT2D eigenvalue weighted by atomic mass is 9.87. The van der Waals surface area contributed by atoms with Crippen molar-refractivity contribution in [3.63, 3.8) is 0 Å². The van der Waals surface area contributed by atoms with Crippen molar-refractivity contribution in [1.82, 2.24) is 15.5 Å². The predicted octanol–water partition coefficient (Wildman–Crippen LogP) is -0.386. The Labute approximate surface area is 111 Å². The fraction of sp³-hybridized carbons (Fsp3) is 0.750. The molecule has 2 saturated heterocycles. The van der Waals surface area contributed by atoms with Crippen LogP contribution in [-0.4, -0.2) is 55.1 Å². The number of imide groups is 1. The molecule has 2 heterocycles. The Balaban J connectivity index is 1.84. The third kappa shape index (κ3) is 2.86. The van der Waals surface area contributed by atoms with Crippen molar-refractivity contribution in [2.24, 2.45) is 0 Å². The number of likely N-dealkylation sites (tertiary alicyclic amines) is 1. The van der Waals surface area contributed by atoms with Gasteiger partial charge in [0.2, 0.25) is 5.91 Å². The minimum Gasteiger partial charge on any atom is -0.385 e. The number of amides is 4. The normalized spacial score (nSPS) is 21.4. The summed E-state index contributed by atoms with van der Waals surface area (Å²) in [5.41, 5.74) is -0.805. The number of methoxy groups -OCH3 is 1. The van der Waals surface area contributed by atoms with Gasteiger partial charge in [0, 0.05) is 33.2 Å². The van der Waals surface area contributed by atoms with Gasteiger partial charge >= 0.3 is 6.03 Å². The molecule has 106 valence electrons. The second-order valence-corrected chi connectivity index (χ2v) is 4.97. The third-order valence-electron chi connectivity index (χ3n) is 3.72. The Kier molecular flexibility index (Phi) is 4.04. The maximum Gasteiger partial charge on any atom is 0.322 e. The van der Waals surface area contributed by atoms with E-state index in [4.69, 9.17) is 4.74 Å². The molecule has 1 spiro atoms. The molecule has 4 amide bonds. The summed E-state index contributed by atoms with van der Waals surface area (Å²) in [6, 6.07) is -0.440. The first kappa shape index (κ1) is 13.8. The van der Waals surface area contributed by atoms with Crippen LogP contribution in [0.5, 0.6) is 0 Å². The molecule has 0 atom stereocenters. The Hall–Kier alpha value is -1.63. The van der Waals surface area contributed by atoms with Crippen LogP contribution in [0.4, 0.5) is 4.79 Å². The van der Waals surface area contributed by atoms with Crippen molar-refractivity contribution in [2.75, 3.05) is 26.8 Å². The van der Waals surface area contributed by atoms with E-state index in [-0.39, 0.29) is 11.8 Å². The molecule has 2 aliphatic heterocycles. The predicted molar refractivity (Wildman–Crippen MR) is 66.3 cm³/mol. The van der Waals surface area contributed by atoms with Gasteiger partial charge in [0.25, 0.3) is 5.91 Å². The molecule has 19 heavy (non-hydrogen) atoms. The van der Waals surface area contributed by atoms with Crippen molar-refractivity contribution in [1.29, 1.82) is 0 Å². The second kappa shape index (κ2) is 5.56. The molecule has 0 aliphatic carbocycles. The third-order valence-corrected chi connectivity index (χ3v) is 3.72. The number of nitrogens with one attached hydrogen (secondary N) is 2. The van der Waals surface area contributed by atoms with Gasteiger partial charge < -0.3 is 15.0 Å². The van der Waals surface area contributed by atoms with Crippen molar-refractivity contribution >= 4 is 17.8 Å². The summed E-state index contributed by atoms with van der Waals surface area (Å²) >= 11 is 0. The lowest BCUT2D eigenvalue weighted by Crippen LogP contribution is -2.55. The van der Waals surface area contributed by atoms with E-state index in [0.29, 0.717) is 45.4 Å². The van der Waals surface area contributed by atoms with Crippen molar-refractivity contribution in [3.05, 3.63) is 0 Å². The molecular formula is C12H19N3O4. The molecule has 0 bridgehead atoms. The van der Waals surface area contributed by atoms with Crippen LogP contribution in [0.1, 0.15) is 25.7 Å². The Morgan fingerprint density at radius 3 is 2.58 bits per heavy atom. The van der Waals surface area contributed by atoms with Crippen molar-refractivity contribution < 1.29 is 19.1 Å². The average molecular weight is 269 g/mol. The summed E-state index contributed by atoms with van der Waals surface area (Å²) in [6.45, 7) is 1.57. The quantitative estimate of drug-likeness (QED) is 0.537. The Morgan fingerprint density at radius 2 is 2.05 bits per heavy atom. The summed E-state index contributed by atoms with van der Waals surface area (Å²) in [5.74, 6) is -0.194. The minimum atomic E-state index is -0.805. The highest BCUT2D eigenvalue weighted by Crippen LogP contribution is 2.25. The molecule has 0 unspecified atom stereocenters. The molecule has 2 aliphatic rings. The van der Waals surface area contributed by atoms with Gasteiger partial charge in [-0.05, 0) is 19.3 Å². The maximum atomic E-state index is 11.9. The molecule has 2 fully saturated rings. The van der Waals surface area contributed by atoms with Crippen LogP contribution < -0.4 is 10.6 Å². The largest absolute Gasteiger partial charge is 0.385 e. The van der Waals surface area contributed by atoms with E-state index in [1.54, 1.807) is 12.0 Å². The summed E-state index contributed by atoms with van der Waals surface area (Å²) in [7, 11) is 1.61. The van der Waals surface area contributed by atoms with Gasteiger partial charge in [-0.15, -0.1) is 0 Å². The lowest BCUT2D eigenvalue weighted by molar-refractivity contribution is -0.136. The van der Waals surface area contributed by atoms with Gasteiger partial charge in [0.15, 0.2) is 0 Å². The monoisotopic (exact) mass is 269 g/mol. The fourth-order valence-corrected chi connectivity index (χ4v) is 2.54. The number of carbonyl (C=O) groups excluding carboxylic acids is 3. The number of urea groups is 1. The summed E-state index contributed by atoms with van der Waals surface area (Å²) < 4.78 is 4.91. The Bertz CT molecular complexity index is 388. The van der Waals surface area contributed by atoms with Crippen LogP contribution in [0.15, 0.2) is 0 Å². The van der Waals surface area contributed by atoms with E-state index in [9.17, 15) is 14.4 Å². The van der Waals surface area contributed by atoms with Gasteiger partial charge in [-0.3, -0.25) is 14.9 Å². The molecule has 0 aromatic rings.